The zero-order chi connectivity index (χ0) is 43.6. The third-order valence-electron chi connectivity index (χ3n) is 10.2. The molecule has 0 bridgehead atoms. The summed E-state index contributed by atoms with van der Waals surface area (Å²) in [6, 6.07) is 35.3. The highest BCUT2D eigenvalue weighted by Crippen LogP contribution is 2.30. The van der Waals surface area contributed by atoms with Crippen LogP contribution >= 0.6 is 0 Å². The third kappa shape index (κ3) is 16.2. The van der Waals surface area contributed by atoms with Crippen molar-refractivity contribution >= 4 is 35.7 Å². The van der Waals surface area contributed by atoms with E-state index < -0.39 is 11.9 Å². The third-order valence-corrected chi connectivity index (χ3v) is 10.2. The lowest BCUT2D eigenvalue weighted by molar-refractivity contribution is 0.0731. The average molecular weight is 834 g/mol. The van der Waals surface area contributed by atoms with Crippen molar-refractivity contribution in [2.24, 2.45) is 9.98 Å². The second kappa shape index (κ2) is 26.6. The van der Waals surface area contributed by atoms with E-state index in [1.807, 2.05) is 54.6 Å². The molecule has 9 nitrogen and oxygen atoms in total. The van der Waals surface area contributed by atoms with Crippen LogP contribution in [0.3, 0.4) is 0 Å². The molecule has 0 fully saturated rings. The Morgan fingerprint density at radius 2 is 0.871 bits per heavy atom. The zero-order valence-electron chi connectivity index (χ0n) is 36.2. The highest BCUT2D eigenvalue weighted by molar-refractivity contribution is 5.93. The molecule has 0 heterocycles. The fraction of sp³-hybridized carbons (Fsp3) is 0.340. The maximum absolute atomic E-state index is 13.1. The minimum atomic E-state index is -0.674. The molecule has 0 N–H and O–H groups in total. The van der Waals surface area contributed by atoms with Gasteiger partial charge in [-0.2, -0.15) is 5.26 Å². The number of aliphatic imine (C=N–C) groups is 2. The minimum absolute atomic E-state index is 0.0304. The highest BCUT2D eigenvalue weighted by Gasteiger charge is 2.18. The normalized spacial score (nSPS) is 11.1. The van der Waals surface area contributed by atoms with E-state index in [-0.39, 0.29) is 28.2 Å². The van der Waals surface area contributed by atoms with Crippen molar-refractivity contribution in [3.63, 3.8) is 0 Å². The number of hydrogen-bond donors (Lipinski definition) is 0. The smallest absolute Gasteiger partial charge is 0.343 e. The molecule has 0 aliphatic rings. The van der Waals surface area contributed by atoms with Crippen LogP contribution < -0.4 is 18.9 Å². The molecule has 0 aromatic heterocycles. The maximum Gasteiger partial charge on any atom is 0.343 e. The Kier molecular flexibility index (Phi) is 20.0. The van der Waals surface area contributed by atoms with Crippen LogP contribution in [0.2, 0.25) is 0 Å². The van der Waals surface area contributed by atoms with Gasteiger partial charge in [-0.1, -0.05) is 97.0 Å². The Morgan fingerprint density at radius 3 is 1.24 bits per heavy atom. The minimum Gasteiger partial charge on any atom is -0.494 e. The molecule has 0 spiro atoms. The molecule has 0 aliphatic heterocycles. The van der Waals surface area contributed by atoms with Crippen molar-refractivity contribution in [1.29, 1.82) is 5.26 Å². The summed E-state index contributed by atoms with van der Waals surface area (Å²) in [5.41, 5.74) is 3.58. The molecular weight excluding hydrogens is 775 g/mol. The monoisotopic (exact) mass is 833 g/mol. The van der Waals surface area contributed by atoms with Crippen molar-refractivity contribution in [3.8, 4) is 29.1 Å². The Labute approximate surface area is 367 Å². The van der Waals surface area contributed by atoms with Crippen molar-refractivity contribution in [2.75, 3.05) is 13.2 Å². The lowest BCUT2D eigenvalue weighted by Crippen LogP contribution is -2.12. The molecule has 5 rings (SSSR count). The highest BCUT2D eigenvalue weighted by atomic mass is 16.5. The SMILES string of the molecule is CCCCCCCCCOc1ccc(C=Nc2ccc(C(=O)Oc3cccc(OC(=O)c4ccc(N=Cc5ccc(OCCCCCCCCC)cc5)cc4)c3C#N)cc2)cc1. The quantitative estimate of drug-likeness (QED) is 0.0235. The lowest BCUT2D eigenvalue weighted by Gasteiger charge is -2.10. The fourth-order valence-corrected chi connectivity index (χ4v) is 6.57. The van der Waals surface area contributed by atoms with Gasteiger partial charge in [0.25, 0.3) is 0 Å². The standard InChI is InChI=1S/C53H59N3O6/c1-3-5-7-9-11-13-15-36-59-47-32-20-41(21-33-47)39-55-45-28-24-43(25-29-45)52(57)61-50-18-17-19-51(49(50)38-54)62-53(58)44-26-30-46(31-27-44)56-40-42-22-34-48(35-23-42)60-37-16-14-12-10-8-6-4-2/h17-35,39-40H,3-16,36-37H2,1-2H3. The molecule has 0 saturated carbocycles. The molecule has 322 valence electrons. The summed E-state index contributed by atoms with van der Waals surface area (Å²) in [5.74, 6) is 0.265. The van der Waals surface area contributed by atoms with Gasteiger partial charge in [0.15, 0.2) is 11.5 Å². The first-order valence-corrected chi connectivity index (χ1v) is 22.2. The molecule has 5 aromatic rings. The lowest BCUT2D eigenvalue weighted by atomic mass is 10.1. The predicted octanol–water partition coefficient (Wildman–Crippen LogP) is 13.8. The number of carbonyl (C=O) groups excluding carboxylic acids is 2. The van der Waals surface area contributed by atoms with Gasteiger partial charge in [-0.3, -0.25) is 9.98 Å². The summed E-state index contributed by atoms with van der Waals surface area (Å²) >= 11 is 0. The van der Waals surface area contributed by atoms with Gasteiger partial charge < -0.3 is 18.9 Å². The van der Waals surface area contributed by atoms with E-state index in [0.717, 1.165) is 35.5 Å². The van der Waals surface area contributed by atoms with Crippen LogP contribution in [0.4, 0.5) is 11.4 Å². The molecule has 0 unspecified atom stereocenters. The summed E-state index contributed by atoms with van der Waals surface area (Å²) < 4.78 is 23.0. The van der Waals surface area contributed by atoms with Crippen molar-refractivity contribution < 1.29 is 28.5 Å². The number of carbonyl (C=O) groups is 2. The van der Waals surface area contributed by atoms with Gasteiger partial charge in [-0.25, -0.2) is 9.59 Å². The van der Waals surface area contributed by atoms with Crippen LogP contribution in [0.25, 0.3) is 0 Å². The van der Waals surface area contributed by atoms with Crippen LogP contribution in [0.1, 0.15) is 141 Å². The molecule has 0 atom stereocenters. The second-order valence-corrected chi connectivity index (χ2v) is 15.2. The Balaban J connectivity index is 1.06. The number of unbranched alkanes of at least 4 members (excludes halogenated alkanes) is 12. The molecule has 5 aromatic carbocycles. The first-order valence-electron chi connectivity index (χ1n) is 22.2. The van der Waals surface area contributed by atoms with Crippen LogP contribution in [-0.4, -0.2) is 37.6 Å². The van der Waals surface area contributed by atoms with Crippen molar-refractivity contribution in [2.45, 2.75) is 104 Å². The largest absolute Gasteiger partial charge is 0.494 e. The topological polar surface area (TPSA) is 120 Å². The summed E-state index contributed by atoms with van der Waals surface area (Å²) in [6.45, 7) is 5.90. The Hall–Kier alpha value is -6.53. The first-order chi connectivity index (χ1) is 30.4. The van der Waals surface area contributed by atoms with Gasteiger partial charge in [-0.05, 0) is 133 Å². The van der Waals surface area contributed by atoms with E-state index in [4.69, 9.17) is 18.9 Å². The molecule has 9 heteroatoms. The number of esters is 2. The van der Waals surface area contributed by atoms with E-state index in [1.165, 1.54) is 89.2 Å². The van der Waals surface area contributed by atoms with Crippen molar-refractivity contribution in [3.05, 3.63) is 143 Å². The second-order valence-electron chi connectivity index (χ2n) is 15.2. The van der Waals surface area contributed by atoms with Gasteiger partial charge in [0.05, 0.1) is 35.7 Å². The summed E-state index contributed by atoms with van der Waals surface area (Å²) in [5, 5.41) is 9.97. The number of hydrogen-bond acceptors (Lipinski definition) is 9. The summed E-state index contributed by atoms with van der Waals surface area (Å²) in [7, 11) is 0. The number of nitrogens with zero attached hydrogens (tertiary/aromatic N) is 3. The molecule has 0 radical (unpaired) electrons. The first kappa shape index (κ1) is 46.5. The van der Waals surface area contributed by atoms with Crippen LogP contribution in [0.15, 0.2) is 125 Å². The number of rotatable bonds is 26. The van der Waals surface area contributed by atoms with E-state index in [2.05, 4.69) is 23.8 Å². The van der Waals surface area contributed by atoms with E-state index >= 15 is 0 Å². The molecular formula is C53H59N3O6. The summed E-state index contributed by atoms with van der Waals surface area (Å²) in [4.78, 5) is 35.2. The maximum atomic E-state index is 13.1. The molecule has 0 amide bonds. The van der Waals surface area contributed by atoms with Crippen LogP contribution in [0, 0.1) is 11.3 Å². The average Bonchev–Trinajstić information content (AvgIpc) is 3.30. The van der Waals surface area contributed by atoms with E-state index in [0.29, 0.717) is 24.6 Å². The van der Waals surface area contributed by atoms with Gasteiger partial charge in [0.2, 0.25) is 0 Å². The fourth-order valence-electron chi connectivity index (χ4n) is 6.57. The van der Waals surface area contributed by atoms with Gasteiger partial charge in [-0.15, -0.1) is 0 Å². The van der Waals surface area contributed by atoms with Gasteiger partial charge in [0.1, 0.15) is 23.1 Å². The number of ether oxygens (including phenoxy) is 4. The van der Waals surface area contributed by atoms with E-state index in [9.17, 15) is 14.9 Å². The Morgan fingerprint density at radius 1 is 0.500 bits per heavy atom. The number of benzene rings is 5. The van der Waals surface area contributed by atoms with Crippen LogP contribution in [-0.2, 0) is 0 Å². The molecule has 0 saturated heterocycles. The predicted molar refractivity (Wildman–Crippen MR) is 248 cm³/mol. The van der Waals surface area contributed by atoms with Gasteiger partial charge in [0, 0.05) is 12.4 Å². The number of nitriles is 1. The molecule has 0 aliphatic carbocycles. The van der Waals surface area contributed by atoms with Crippen molar-refractivity contribution in [1.82, 2.24) is 0 Å². The van der Waals surface area contributed by atoms with E-state index in [1.54, 1.807) is 67.0 Å². The Bertz CT molecular complexity index is 2060. The zero-order valence-corrected chi connectivity index (χ0v) is 36.2. The summed E-state index contributed by atoms with van der Waals surface area (Å²) in [6.07, 6.45) is 20.9. The van der Waals surface area contributed by atoms with Gasteiger partial charge >= 0.3 is 11.9 Å². The molecule has 62 heavy (non-hydrogen) atoms. The van der Waals surface area contributed by atoms with Crippen LogP contribution in [0.5, 0.6) is 23.0 Å².